The van der Waals surface area contributed by atoms with Gasteiger partial charge >= 0.3 is 0 Å². The summed E-state index contributed by atoms with van der Waals surface area (Å²) in [6, 6.07) is 18.4. The highest BCUT2D eigenvalue weighted by atomic mass is 16.3. The predicted octanol–water partition coefficient (Wildman–Crippen LogP) is 4.45. The van der Waals surface area contributed by atoms with Gasteiger partial charge in [0.1, 0.15) is 12.0 Å². The Morgan fingerprint density at radius 3 is 2.70 bits per heavy atom. The molecule has 0 amide bonds. The largest absolute Gasteiger partial charge is 0.444 e. The van der Waals surface area contributed by atoms with Gasteiger partial charge in [0.2, 0.25) is 5.89 Å². The zero-order chi connectivity index (χ0) is 20.8. The molecule has 0 fully saturated rings. The fourth-order valence-corrected chi connectivity index (χ4v) is 3.20. The van der Waals surface area contributed by atoms with Gasteiger partial charge in [-0.1, -0.05) is 42.0 Å². The summed E-state index contributed by atoms with van der Waals surface area (Å²) in [4.78, 5) is 13.7. The van der Waals surface area contributed by atoms with Gasteiger partial charge in [-0.2, -0.15) is 0 Å². The Hall–Kier alpha value is -3.67. The number of oxazole rings is 1. The molecule has 2 N–H and O–H groups in total. The molecule has 4 rings (SSSR count). The van der Waals surface area contributed by atoms with Gasteiger partial charge in [-0.15, -0.1) is 0 Å². The first-order valence-corrected chi connectivity index (χ1v) is 10.1. The van der Waals surface area contributed by atoms with Gasteiger partial charge in [0, 0.05) is 23.7 Å². The second-order valence-electron chi connectivity index (χ2n) is 7.04. The molecule has 30 heavy (non-hydrogen) atoms. The van der Waals surface area contributed by atoms with Crippen molar-refractivity contribution in [3.63, 3.8) is 0 Å². The van der Waals surface area contributed by atoms with E-state index in [9.17, 15) is 0 Å². The van der Waals surface area contributed by atoms with Crippen LogP contribution in [0.4, 0.5) is 0 Å². The lowest BCUT2D eigenvalue weighted by Crippen LogP contribution is -2.37. The van der Waals surface area contributed by atoms with Crippen LogP contribution in [0.1, 0.15) is 23.9 Å². The van der Waals surface area contributed by atoms with Gasteiger partial charge in [0.05, 0.1) is 18.8 Å². The highest BCUT2D eigenvalue weighted by Crippen LogP contribution is 2.19. The standard InChI is InChI=1S/C24H25N5O/c1-3-25-24(28-15-22-21-7-5-4-6-18(21)12-13-26-22)27-14-20-16-30-23(29-20)19-10-8-17(2)9-11-19/h4-13,16H,3,14-15H2,1-2H3,(H2,25,27,28). The number of hydrogen-bond donors (Lipinski definition) is 2. The molecule has 0 saturated carbocycles. The average Bonchev–Trinajstić information content (AvgIpc) is 3.25. The lowest BCUT2D eigenvalue weighted by molar-refractivity contribution is 0.572. The van der Waals surface area contributed by atoms with Gasteiger partial charge in [0.15, 0.2) is 5.96 Å². The van der Waals surface area contributed by atoms with E-state index < -0.39 is 0 Å². The Morgan fingerprint density at radius 1 is 1.03 bits per heavy atom. The number of rotatable bonds is 6. The maximum Gasteiger partial charge on any atom is 0.226 e. The Balaban J connectivity index is 1.44. The number of pyridine rings is 1. The number of nitrogens with one attached hydrogen (secondary N) is 2. The SMILES string of the molecule is CCNC(=NCc1coc(-c2ccc(C)cc2)n1)NCc1nccc2ccccc12. The molecular weight excluding hydrogens is 374 g/mol. The number of hydrogen-bond acceptors (Lipinski definition) is 4. The van der Waals surface area contributed by atoms with Gasteiger partial charge < -0.3 is 15.1 Å². The van der Waals surface area contributed by atoms with E-state index >= 15 is 0 Å². The molecule has 6 nitrogen and oxygen atoms in total. The summed E-state index contributed by atoms with van der Waals surface area (Å²) in [6.45, 7) is 5.87. The summed E-state index contributed by atoms with van der Waals surface area (Å²) in [7, 11) is 0. The first-order chi connectivity index (χ1) is 14.7. The minimum atomic E-state index is 0.424. The fraction of sp³-hybridized carbons (Fsp3) is 0.208. The molecule has 0 aliphatic rings. The minimum absolute atomic E-state index is 0.424. The van der Waals surface area contributed by atoms with Crippen LogP contribution < -0.4 is 10.6 Å². The number of fused-ring (bicyclic) bond motifs is 1. The zero-order valence-corrected chi connectivity index (χ0v) is 17.2. The van der Waals surface area contributed by atoms with Crippen molar-refractivity contribution in [2.75, 3.05) is 6.54 Å². The molecule has 4 aromatic rings. The van der Waals surface area contributed by atoms with E-state index in [0.29, 0.717) is 24.9 Å². The highest BCUT2D eigenvalue weighted by molar-refractivity contribution is 5.85. The van der Waals surface area contributed by atoms with E-state index in [2.05, 4.69) is 44.7 Å². The summed E-state index contributed by atoms with van der Waals surface area (Å²) >= 11 is 0. The van der Waals surface area contributed by atoms with E-state index in [1.54, 1.807) is 6.26 Å². The van der Waals surface area contributed by atoms with Crippen LogP contribution in [0, 0.1) is 6.92 Å². The zero-order valence-electron chi connectivity index (χ0n) is 17.2. The molecule has 0 atom stereocenters. The average molecular weight is 399 g/mol. The maximum absolute atomic E-state index is 5.63. The fourth-order valence-electron chi connectivity index (χ4n) is 3.20. The third-order valence-corrected chi connectivity index (χ3v) is 4.77. The molecule has 152 valence electrons. The second kappa shape index (κ2) is 9.22. The van der Waals surface area contributed by atoms with Crippen molar-refractivity contribution in [1.29, 1.82) is 0 Å². The van der Waals surface area contributed by atoms with E-state index in [1.165, 1.54) is 10.9 Å². The van der Waals surface area contributed by atoms with Crippen LogP contribution in [0.15, 0.2) is 76.5 Å². The summed E-state index contributed by atoms with van der Waals surface area (Å²) in [6.07, 6.45) is 3.50. The molecule has 0 unspecified atom stereocenters. The Bertz CT molecular complexity index is 1140. The topological polar surface area (TPSA) is 75.3 Å². The first kappa shape index (κ1) is 19.6. The quantitative estimate of drug-likeness (QED) is 0.370. The number of guanidine groups is 1. The molecular formula is C24H25N5O. The van der Waals surface area contributed by atoms with Crippen molar-refractivity contribution < 1.29 is 4.42 Å². The number of aliphatic imine (C=N–C) groups is 1. The third-order valence-electron chi connectivity index (χ3n) is 4.77. The maximum atomic E-state index is 5.63. The normalized spacial score (nSPS) is 11.6. The molecule has 0 aliphatic carbocycles. The molecule has 0 bridgehead atoms. The van der Waals surface area contributed by atoms with E-state index in [1.807, 2.05) is 55.6 Å². The molecule has 0 radical (unpaired) electrons. The molecule has 2 aromatic heterocycles. The Morgan fingerprint density at radius 2 is 1.87 bits per heavy atom. The van der Waals surface area contributed by atoms with E-state index in [4.69, 9.17) is 4.42 Å². The lowest BCUT2D eigenvalue weighted by atomic mass is 10.1. The second-order valence-corrected chi connectivity index (χ2v) is 7.04. The Labute approximate surface area is 176 Å². The molecule has 0 aliphatic heterocycles. The van der Waals surface area contributed by atoms with Crippen molar-refractivity contribution in [3.8, 4) is 11.5 Å². The lowest BCUT2D eigenvalue weighted by Gasteiger charge is -2.12. The number of benzene rings is 2. The van der Waals surface area contributed by atoms with Crippen LogP contribution in [0.2, 0.25) is 0 Å². The smallest absolute Gasteiger partial charge is 0.226 e. The van der Waals surface area contributed by atoms with Crippen molar-refractivity contribution in [3.05, 3.63) is 84.0 Å². The summed E-state index contributed by atoms with van der Waals surface area (Å²) in [5.74, 6) is 1.32. The van der Waals surface area contributed by atoms with Crippen molar-refractivity contribution in [2.24, 2.45) is 4.99 Å². The van der Waals surface area contributed by atoms with Gasteiger partial charge in [-0.3, -0.25) is 4.98 Å². The van der Waals surface area contributed by atoms with Crippen LogP contribution in [0.3, 0.4) is 0 Å². The third kappa shape index (κ3) is 4.66. The minimum Gasteiger partial charge on any atom is -0.444 e. The van der Waals surface area contributed by atoms with Crippen LogP contribution in [0.25, 0.3) is 22.2 Å². The van der Waals surface area contributed by atoms with E-state index in [0.717, 1.165) is 28.9 Å². The van der Waals surface area contributed by atoms with Gasteiger partial charge in [-0.25, -0.2) is 9.98 Å². The first-order valence-electron chi connectivity index (χ1n) is 10.1. The molecule has 0 saturated heterocycles. The van der Waals surface area contributed by atoms with Crippen LogP contribution in [-0.4, -0.2) is 22.5 Å². The molecule has 2 heterocycles. The van der Waals surface area contributed by atoms with Crippen molar-refractivity contribution in [1.82, 2.24) is 20.6 Å². The van der Waals surface area contributed by atoms with Gasteiger partial charge in [-0.05, 0) is 37.4 Å². The van der Waals surface area contributed by atoms with Crippen LogP contribution >= 0.6 is 0 Å². The summed E-state index contributed by atoms with van der Waals surface area (Å²) in [5, 5.41) is 8.95. The van der Waals surface area contributed by atoms with Crippen molar-refractivity contribution in [2.45, 2.75) is 26.9 Å². The molecule has 2 aromatic carbocycles. The van der Waals surface area contributed by atoms with Gasteiger partial charge in [0.25, 0.3) is 0 Å². The number of aryl methyl sites for hydroxylation is 1. The van der Waals surface area contributed by atoms with Crippen molar-refractivity contribution >= 4 is 16.7 Å². The van der Waals surface area contributed by atoms with E-state index in [-0.39, 0.29) is 0 Å². The number of aromatic nitrogens is 2. The molecule has 6 heteroatoms. The molecule has 0 spiro atoms. The summed E-state index contributed by atoms with van der Waals surface area (Å²) < 4.78 is 5.63. The Kier molecular flexibility index (Phi) is 6.03. The highest BCUT2D eigenvalue weighted by Gasteiger charge is 2.08. The monoisotopic (exact) mass is 399 g/mol. The number of nitrogens with zero attached hydrogens (tertiary/aromatic N) is 3. The van der Waals surface area contributed by atoms with Crippen LogP contribution in [0.5, 0.6) is 0 Å². The van der Waals surface area contributed by atoms with Crippen LogP contribution in [-0.2, 0) is 13.1 Å². The summed E-state index contributed by atoms with van der Waals surface area (Å²) in [5.41, 5.74) is 3.94. The predicted molar refractivity (Wildman–Crippen MR) is 120 cm³/mol.